The lowest BCUT2D eigenvalue weighted by Gasteiger charge is -2.11. The molecule has 58 valence electrons. The second-order valence-corrected chi connectivity index (χ2v) is 4.22. The first-order chi connectivity index (χ1) is 4.56. The van der Waals surface area contributed by atoms with E-state index in [1.165, 1.54) is 6.42 Å². The van der Waals surface area contributed by atoms with Crippen LogP contribution in [0.25, 0.3) is 0 Å². The lowest BCUT2D eigenvalue weighted by molar-refractivity contribution is 0.119. The second kappa shape index (κ2) is 1.56. The van der Waals surface area contributed by atoms with E-state index in [4.69, 9.17) is 0 Å². The van der Waals surface area contributed by atoms with Gasteiger partial charge in [-0.05, 0) is 33.4 Å². The Morgan fingerprint density at radius 2 is 2.10 bits per heavy atom. The van der Waals surface area contributed by atoms with Gasteiger partial charge in [-0.2, -0.15) is 0 Å². The van der Waals surface area contributed by atoms with Crippen LogP contribution in [-0.2, 0) is 0 Å². The third-order valence-electron chi connectivity index (χ3n) is 3.24. The summed E-state index contributed by atoms with van der Waals surface area (Å²) < 4.78 is 0. The molecule has 2 fully saturated rings. The maximum Gasteiger partial charge on any atom is 0.0696 e. The van der Waals surface area contributed by atoms with Gasteiger partial charge in [0.1, 0.15) is 0 Å². The van der Waals surface area contributed by atoms with E-state index in [-0.39, 0.29) is 5.60 Å². The highest BCUT2D eigenvalue weighted by Gasteiger charge is 2.65. The van der Waals surface area contributed by atoms with Crippen LogP contribution in [0.15, 0.2) is 0 Å². The monoisotopic (exact) mass is 141 g/mol. The average Bonchev–Trinajstić information content (AvgIpc) is 2.20. The smallest absolute Gasteiger partial charge is 0.0696 e. The quantitative estimate of drug-likeness (QED) is 0.530. The van der Waals surface area contributed by atoms with Crippen molar-refractivity contribution in [3.63, 3.8) is 0 Å². The molecule has 2 nitrogen and oxygen atoms in total. The van der Waals surface area contributed by atoms with Crippen LogP contribution in [-0.4, -0.2) is 35.7 Å². The fraction of sp³-hybridized carbons (Fsp3) is 1.00. The lowest BCUT2D eigenvalue weighted by Crippen LogP contribution is -2.20. The first-order valence-corrected chi connectivity index (χ1v) is 3.97. The molecule has 2 rings (SSSR count). The molecule has 0 aromatic heterocycles. The summed E-state index contributed by atoms with van der Waals surface area (Å²) in [7, 11) is 2.13. The molecule has 1 aliphatic carbocycles. The summed E-state index contributed by atoms with van der Waals surface area (Å²) in [5, 5.41) is 9.67. The molecule has 1 heterocycles. The highest BCUT2D eigenvalue weighted by Crippen LogP contribution is 2.60. The molecule has 2 heteroatoms. The van der Waals surface area contributed by atoms with Gasteiger partial charge in [0.05, 0.1) is 5.60 Å². The molecular formula is C8H15NO. The van der Waals surface area contributed by atoms with E-state index in [0.29, 0.717) is 5.41 Å². The zero-order valence-electron chi connectivity index (χ0n) is 6.72. The van der Waals surface area contributed by atoms with Gasteiger partial charge in [-0.25, -0.2) is 0 Å². The molecule has 0 aromatic carbocycles. The van der Waals surface area contributed by atoms with Crippen LogP contribution in [0.5, 0.6) is 0 Å². The number of likely N-dealkylation sites (tertiary alicyclic amines) is 1. The van der Waals surface area contributed by atoms with Gasteiger partial charge >= 0.3 is 0 Å². The van der Waals surface area contributed by atoms with Crippen LogP contribution >= 0.6 is 0 Å². The van der Waals surface area contributed by atoms with Crippen LogP contribution in [0.3, 0.4) is 0 Å². The molecule has 0 amide bonds. The number of rotatable bonds is 0. The maximum atomic E-state index is 9.67. The minimum absolute atomic E-state index is 0.293. The van der Waals surface area contributed by atoms with E-state index in [2.05, 4.69) is 11.9 Å². The normalized spacial score (nSPS) is 54.3. The average molecular weight is 141 g/mol. The Balaban J connectivity index is 2.09. The minimum Gasteiger partial charge on any atom is -0.390 e. The van der Waals surface area contributed by atoms with Gasteiger partial charge in [0.25, 0.3) is 0 Å². The van der Waals surface area contributed by atoms with Gasteiger partial charge in [0.2, 0.25) is 0 Å². The fourth-order valence-corrected chi connectivity index (χ4v) is 2.28. The van der Waals surface area contributed by atoms with Crippen molar-refractivity contribution in [2.45, 2.75) is 25.4 Å². The number of nitrogens with zero attached hydrogens (tertiary/aromatic N) is 1. The predicted octanol–water partition coefficient (Wildman–Crippen LogP) is 0.463. The van der Waals surface area contributed by atoms with Gasteiger partial charge in [0, 0.05) is 12.0 Å². The van der Waals surface area contributed by atoms with Crippen molar-refractivity contribution < 1.29 is 5.11 Å². The summed E-state index contributed by atoms with van der Waals surface area (Å²) in [6.45, 7) is 4.22. The van der Waals surface area contributed by atoms with Gasteiger partial charge in [-0.15, -0.1) is 0 Å². The van der Waals surface area contributed by atoms with E-state index >= 15 is 0 Å². The topological polar surface area (TPSA) is 23.5 Å². The zero-order chi connectivity index (χ0) is 7.41. The van der Waals surface area contributed by atoms with Crippen molar-refractivity contribution in [1.82, 2.24) is 4.90 Å². The van der Waals surface area contributed by atoms with E-state index in [1.807, 2.05) is 6.92 Å². The molecule has 0 aromatic rings. The molecule has 1 saturated carbocycles. The lowest BCUT2D eigenvalue weighted by atomic mass is 10.0. The summed E-state index contributed by atoms with van der Waals surface area (Å²) in [6.07, 6.45) is 2.21. The van der Waals surface area contributed by atoms with Crippen molar-refractivity contribution in [1.29, 1.82) is 0 Å². The summed E-state index contributed by atoms with van der Waals surface area (Å²) in [5.41, 5.74) is -0.0422. The van der Waals surface area contributed by atoms with Crippen molar-refractivity contribution >= 4 is 0 Å². The first kappa shape index (κ1) is 6.62. The van der Waals surface area contributed by atoms with Gasteiger partial charge in [0.15, 0.2) is 0 Å². The van der Waals surface area contributed by atoms with Crippen LogP contribution in [0.4, 0.5) is 0 Å². The molecule has 2 aliphatic rings. The molecule has 0 bridgehead atoms. The molecule has 1 spiro atoms. The molecule has 1 N–H and O–H groups in total. The van der Waals surface area contributed by atoms with E-state index < -0.39 is 0 Å². The number of aliphatic hydroxyl groups is 1. The van der Waals surface area contributed by atoms with E-state index in [0.717, 1.165) is 19.5 Å². The van der Waals surface area contributed by atoms with Gasteiger partial charge in [-0.1, -0.05) is 0 Å². The van der Waals surface area contributed by atoms with Crippen molar-refractivity contribution in [2.75, 3.05) is 20.1 Å². The third kappa shape index (κ3) is 0.663. The Kier molecular flexibility index (Phi) is 1.03. The van der Waals surface area contributed by atoms with E-state index in [9.17, 15) is 5.11 Å². The van der Waals surface area contributed by atoms with E-state index in [1.54, 1.807) is 0 Å². The fourth-order valence-electron chi connectivity index (χ4n) is 2.28. The Morgan fingerprint density at radius 1 is 1.50 bits per heavy atom. The van der Waals surface area contributed by atoms with Gasteiger partial charge in [-0.3, -0.25) is 0 Å². The molecular weight excluding hydrogens is 126 g/mol. The van der Waals surface area contributed by atoms with Crippen LogP contribution in [0, 0.1) is 5.41 Å². The summed E-state index contributed by atoms with van der Waals surface area (Å²) in [6, 6.07) is 0. The maximum absolute atomic E-state index is 9.67. The molecule has 0 radical (unpaired) electrons. The minimum atomic E-state index is -0.336. The second-order valence-electron chi connectivity index (χ2n) is 4.22. The molecule has 1 aliphatic heterocycles. The van der Waals surface area contributed by atoms with Crippen LogP contribution in [0.1, 0.15) is 19.8 Å². The largest absolute Gasteiger partial charge is 0.390 e. The molecule has 1 saturated heterocycles. The molecule has 10 heavy (non-hydrogen) atoms. The zero-order valence-corrected chi connectivity index (χ0v) is 6.72. The standard InChI is InChI=1S/C8H15NO/c1-7(10)5-8(7)3-4-9(2)6-8/h10H,3-6H2,1-2H3. The number of hydrogen-bond donors (Lipinski definition) is 1. The van der Waals surface area contributed by atoms with Crippen molar-refractivity contribution in [3.8, 4) is 0 Å². The van der Waals surface area contributed by atoms with Crippen molar-refractivity contribution in [2.24, 2.45) is 5.41 Å². The van der Waals surface area contributed by atoms with Crippen LogP contribution < -0.4 is 0 Å². The molecule has 2 atom stereocenters. The number of hydrogen-bond acceptors (Lipinski definition) is 2. The van der Waals surface area contributed by atoms with Gasteiger partial charge < -0.3 is 10.0 Å². The van der Waals surface area contributed by atoms with Crippen molar-refractivity contribution in [3.05, 3.63) is 0 Å². The Morgan fingerprint density at radius 3 is 2.30 bits per heavy atom. The third-order valence-corrected chi connectivity index (χ3v) is 3.24. The highest BCUT2D eigenvalue weighted by molar-refractivity contribution is 5.16. The summed E-state index contributed by atoms with van der Waals surface area (Å²) in [4.78, 5) is 2.31. The Labute approximate surface area is 61.8 Å². The SMILES string of the molecule is CN1CCC2(C1)CC2(C)O. The summed E-state index contributed by atoms with van der Waals surface area (Å²) in [5.74, 6) is 0. The first-order valence-electron chi connectivity index (χ1n) is 3.97. The Bertz CT molecular complexity index is 167. The highest BCUT2D eigenvalue weighted by atomic mass is 16.3. The Hall–Kier alpha value is -0.0800. The van der Waals surface area contributed by atoms with Crippen LogP contribution in [0.2, 0.25) is 0 Å². The molecule has 2 unspecified atom stereocenters. The summed E-state index contributed by atoms with van der Waals surface area (Å²) >= 11 is 0. The predicted molar refractivity (Wildman–Crippen MR) is 39.8 cm³/mol.